The average Bonchev–Trinajstić information content (AvgIpc) is 3.16. The van der Waals surface area contributed by atoms with E-state index in [1.807, 2.05) is 38.1 Å². The molecule has 25 heavy (non-hydrogen) atoms. The normalized spacial score (nSPS) is 18.0. The standard InChI is InChI=1S/C19H26N4O2/c1-13-7-9-15(10-8-13)23-14(2)16(20-21-23)12-18(24)22-11-5-6-17(22)19(3,4)25/h7-10,17,25H,5-6,11-12H2,1-4H3. The predicted molar refractivity (Wildman–Crippen MR) is 95.6 cm³/mol. The van der Waals surface area contributed by atoms with E-state index < -0.39 is 5.60 Å². The van der Waals surface area contributed by atoms with Crippen molar-refractivity contribution in [1.82, 2.24) is 19.9 Å². The monoisotopic (exact) mass is 342 g/mol. The number of nitrogens with zero attached hydrogens (tertiary/aromatic N) is 4. The Morgan fingerprint density at radius 2 is 1.96 bits per heavy atom. The van der Waals surface area contributed by atoms with Gasteiger partial charge in [-0.2, -0.15) is 0 Å². The zero-order valence-corrected chi connectivity index (χ0v) is 15.4. The Labute approximate surface area is 148 Å². The van der Waals surface area contributed by atoms with Gasteiger partial charge in [0.05, 0.1) is 35.1 Å². The second-order valence-corrected chi connectivity index (χ2v) is 7.44. The molecule has 1 atom stereocenters. The number of amides is 1. The van der Waals surface area contributed by atoms with Gasteiger partial charge in [0.2, 0.25) is 5.91 Å². The summed E-state index contributed by atoms with van der Waals surface area (Å²) in [6, 6.07) is 7.91. The summed E-state index contributed by atoms with van der Waals surface area (Å²) >= 11 is 0. The largest absolute Gasteiger partial charge is 0.388 e. The summed E-state index contributed by atoms with van der Waals surface area (Å²) in [6.45, 7) is 8.19. The molecule has 2 heterocycles. The van der Waals surface area contributed by atoms with Gasteiger partial charge < -0.3 is 10.0 Å². The fourth-order valence-electron chi connectivity index (χ4n) is 3.50. The second kappa shape index (κ2) is 6.59. The fourth-order valence-corrected chi connectivity index (χ4v) is 3.50. The van der Waals surface area contributed by atoms with Crippen LogP contribution in [0.25, 0.3) is 5.69 Å². The van der Waals surface area contributed by atoms with Gasteiger partial charge in [-0.25, -0.2) is 4.68 Å². The van der Waals surface area contributed by atoms with Crippen molar-refractivity contribution in [2.75, 3.05) is 6.54 Å². The van der Waals surface area contributed by atoms with Crippen LogP contribution in [0.3, 0.4) is 0 Å². The van der Waals surface area contributed by atoms with Gasteiger partial charge >= 0.3 is 0 Å². The molecule has 1 aromatic carbocycles. The number of carbonyl (C=O) groups excluding carboxylic acids is 1. The molecule has 1 aromatic heterocycles. The molecule has 1 aliphatic heterocycles. The Balaban J connectivity index is 1.77. The minimum absolute atomic E-state index is 0.00341. The average molecular weight is 342 g/mol. The lowest BCUT2D eigenvalue weighted by Crippen LogP contribution is -2.48. The maximum absolute atomic E-state index is 12.8. The first-order valence-corrected chi connectivity index (χ1v) is 8.77. The van der Waals surface area contributed by atoms with E-state index in [1.54, 1.807) is 23.4 Å². The lowest BCUT2D eigenvalue weighted by molar-refractivity contribution is -0.135. The fraction of sp³-hybridized carbons (Fsp3) is 0.526. The molecule has 134 valence electrons. The molecule has 1 aliphatic rings. The first-order chi connectivity index (χ1) is 11.8. The molecule has 6 heteroatoms. The highest BCUT2D eigenvalue weighted by Gasteiger charge is 2.38. The van der Waals surface area contributed by atoms with Crippen LogP contribution < -0.4 is 0 Å². The summed E-state index contributed by atoms with van der Waals surface area (Å²) in [4.78, 5) is 14.5. The van der Waals surface area contributed by atoms with Crippen LogP contribution in [0, 0.1) is 13.8 Å². The quantitative estimate of drug-likeness (QED) is 0.924. The molecule has 0 bridgehead atoms. The SMILES string of the molecule is Cc1ccc(-n2nnc(CC(=O)N3CCCC3C(C)(C)O)c2C)cc1. The number of hydrogen-bond donors (Lipinski definition) is 1. The van der Waals surface area contributed by atoms with Crippen LogP contribution in [0.2, 0.25) is 0 Å². The molecular formula is C19H26N4O2. The first kappa shape index (κ1) is 17.6. The van der Waals surface area contributed by atoms with Crippen molar-refractivity contribution in [1.29, 1.82) is 0 Å². The maximum atomic E-state index is 12.8. The van der Waals surface area contributed by atoms with Gasteiger partial charge in [0.15, 0.2) is 0 Å². The number of aromatic nitrogens is 3. The van der Waals surface area contributed by atoms with Crippen molar-refractivity contribution in [2.45, 2.75) is 58.6 Å². The summed E-state index contributed by atoms with van der Waals surface area (Å²) < 4.78 is 1.76. The topological polar surface area (TPSA) is 71.2 Å². The van der Waals surface area contributed by atoms with Gasteiger partial charge in [-0.05, 0) is 52.7 Å². The molecule has 2 aromatic rings. The van der Waals surface area contributed by atoms with Crippen molar-refractivity contribution in [3.63, 3.8) is 0 Å². The summed E-state index contributed by atoms with van der Waals surface area (Å²) in [5.74, 6) is 0.00341. The number of hydrogen-bond acceptors (Lipinski definition) is 4. The molecule has 0 saturated carbocycles. The lowest BCUT2D eigenvalue weighted by Gasteiger charge is -2.33. The lowest BCUT2D eigenvalue weighted by atomic mass is 9.96. The summed E-state index contributed by atoms with van der Waals surface area (Å²) in [7, 11) is 0. The van der Waals surface area contributed by atoms with E-state index >= 15 is 0 Å². The highest BCUT2D eigenvalue weighted by atomic mass is 16.3. The van der Waals surface area contributed by atoms with E-state index in [0.717, 1.165) is 24.2 Å². The van der Waals surface area contributed by atoms with Crippen molar-refractivity contribution < 1.29 is 9.90 Å². The van der Waals surface area contributed by atoms with Crippen molar-refractivity contribution in [3.05, 3.63) is 41.2 Å². The molecule has 0 aliphatic carbocycles. The van der Waals surface area contributed by atoms with Crippen LogP contribution in [0.4, 0.5) is 0 Å². The third kappa shape index (κ3) is 3.58. The summed E-state index contributed by atoms with van der Waals surface area (Å²) in [5, 5.41) is 18.7. The van der Waals surface area contributed by atoms with Crippen LogP contribution in [-0.2, 0) is 11.2 Å². The van der Waals surface area contributed by atoms with Gasteiger partial charge in [-0.15, -0.1) is 5.10 Å². The second-order valence-electron chi connectivity index (χ2n) is 7.44. The molecule has 6 nitrogen and oxygen atoms in total. The maximum Gasteiger partial charge on any atom is 0.229 e. The number of benzene rings is 1. The molecule has 0 radical (unpaired) electrons. The van der Waals surface area contributed by atoms with E-state index in [1.165, 1.54) is 5.56 Å². The number of aliphatic hydroxyl groups is 1. The Morgan fingerprint density at radius 1 is 1.28 bits per heavy atom. The molecule has 1 saturated heterocycles. The van der Waals surface area contributed by atoms with Gasteiger partial charge in [0.25, 0.3) is 0 Å². The van der Waals surface area contributed by atoms with E-state index in [9.17, 15) is 9.90 Å². The van der Waals surface area contributed by atoms with Crippen LogP contribution in [0.5, 0.6) is 0 Å². The third-order valence-corrected chi connectivity index (χ3v) is 4.98. The van der Waals surface area contributed by atoms with Gasteiger partial charge in [0, 0.05) is 6.54 Å². The minimum Gasteiger partial charge on any atom is -0.388 e. The molecule has 1 amide bonds. The summed E-state index contributed by atoms with van der Waals surface area (Å²) in [6.07, 6.45) is 1.98. The Bertz CT molecular complexity index is 759. The third-order valence-electron chi connectivity index (χ3n) is 4.98. The van der Waals surface area contributed by atoms with Crippen molar-refractivity contribution in [2.24, 2.45) is 0 Å². The van der Waals surface area contributed by atoms with E-state index in [4.69, 9.17) is 0 Å². The first-order valence-electron chi connectivity index (χ1n) is 8.77. The predicted octanol–water partition coefficient (Wildman–Crippen LogP) is 2.19. The van der Waals surface area contributed by atoms with E-state index in [-0.39, 0.29) is 18.4 Å². The Hall–Kier alpha value is -2.21. The van der Waals surface area contributed by atoms with Crippen LogP contribution >= 0.6 is 0 Å². The van der Waals surface area contributed by atoms with Gasteiger partial charge in [0.1, 0.15) is 0 Å². The van der Waals surface area contributed by atoms with E-state index in [0.29, 0.717) is 12.2 Å². The van der Waals surface area contributed by atoms with Crippen LogP contribution in [0.1, 0.15) is 43.6 Å². The Morgan fingerprint density at radius 3 is 2.60 bits per heavy atom. The molecule has 3 rings (SSSR count). The minimum atomic E-state index is -0.888. The highest BCUT2D eigenvalue weighted by Crippen LogP contribution is 2.27. The molecule has 1 fully saturated rings. The van der Waals surface area contributed by atoms with Crippen LogP contribution in [0.15, 0.2) is 24.3 Å². The Kier molecular flexibility index (Phi) is 4.64. The summed E-state index contributed by atoms with van der Waals surface area (Å²) in [5.41, 5.74) is 2.79. The highest BCUT2D eigenvalue weighted by molar-refractivity contribution is 5.79. The molecule has 1 N–H and O–H groups in total. The molecule has 1 unspecified atom stereocenters. The van der Waals surface area contributed by atoms with Crippen molar-refractivity contribution >= 4 is 5.91 Å². The zero-order valence-electron chi connectivity index (χ0n) is 15.4. The number of likely N-dealkylation sites (tertiary alicyclic amines) is 1. The number of aryl methyl sites for hydroxylation is 1. The van der Waals surface area contributed by atoms with Crippen molar-refractivity contribution in [3.8, 4) is 5.69 Å². The molecule has 0 spiro atoms. The van der Waals surface area contributed by atoms with Gasteiger partial charge in [-0.1, -0.05) is 22.9 Å². The smallest absolute Gasteiger partial charge is 0.229 e. The van der Waals surface area contributed by atoms with E-state index in [2.05, 4.69) is 10.3 Å². The zero-order chi connectivity index (χ0) is 18.2. The number of rotatable bonds is 4. The number of carbonyl (C=O) groups is 1. The van der Waals surface area contributed by atoms with Gasteiger partial charge in [-0.3, -0.25) is 4.79 Å². The molecular weight excluding hydrogens is 316 g/mol. The van der Waals surface area contributed by atoms with Crippen LogP contribution in [-0.4, -0.2) is 49.1 Å².